The van der Waals surface area contributed by atoms with Gasteiger partial charge in [0.25, 0.3) is 0 Å². The lowest BCUT2D eigenvalue weighted by Gasteiger charge is -2.19. The predicted molar refractivity (Wildman–Crippen MR) is 59.2 cm³/mol. The van der Waals surface area contributed by atoms with Crippen molar-refractivity contribution in [2.75, 3.05) is 26.2 Å². The maximum Gasteiger partial charge on any atom is 0.222 e. The number of nitrogens with two attached hydrogens (primary N) is 1. The van der Waals surface area contributed by atoms with E-state index in [2.05, 4.69) is 6.92 Å². The summed E-state index contributed by atoms with van der Waals surface area (Å²) in [5.74, 6) is 0.792. The molecular formula is C11H22N2O2. The molecule has 0 aliphatic carbocycles. The monoisotopic (exact) mass is 214 g/mol. The second kappa shape index (κ2) is 6.08. The highest BCUT2D eigenvalue weighted by Crippen LogP contribution is 2.18. The van der Waals surface area contributed by atoms with Crippen LogP contribution >= 0.6 is 0 Å². The quantitative estimate of drug-likeness (QED) is 0.687. The Balaban J connectivity index is 2.34. The van der Waals surface area contributed by atoms with Crippen molar-refractivity contribution < 1.29 is 9.90 Å². The molecule has 4 heteroatoms. The molecule has 0 aromatic rings. The Morgan fingerprint density at radius 2 is 2.40 bits per heavy atom. The van der Waals surface area contributed by atoms with E-state index >= 15 is 0 Å². The number of nitrogens with zero attached hydrogens (tertiary/aromatic N) is 1. The lowest BCUT2D eigenvalue weighted by molar-refractivity contribution is -0.131. The topological polar surface area (TPSA) is 66.6 Å². The Kier molecular flexibility index (Phi) is 5.05. The third-order valence-corrected chi connectivity index (χ3v) is 3.27. The van der Waals surface area contributed by atoms with Gasteiger partial charge in [-0.25, -0.2) is 0 Å². The summed E-state index contributed by atoms with van der Waals surface area (Å²) in [4.78, 5) is 13.7. The summed E-state index contributed by atoms with van der Waals surface area (Å²) in [5.41, 5.74) is 5.57. The van der Waals surface area contributed by atoms with E-state index in [-0.39, 0.29) is 18.4 Å². The second-order valence-corrected chi connectivity index (χ2v) is 4.39. The van der Waals surface area contributed by atoms with Crippen LogP contribution in [0.5, 0.6) is 0 Å². The Morgan fingerprint density at radius 3 is 2.87 bits per heavy atom. The fourth-order valence-corrected chi connectivity index (χ4v) is 1.98. The number of hydrogen-bond donors (Lipinski definition) is 2. The fraction of sp³-hybridized carbons (Fsp3) is 0.909. The zero-order valence-electron chi connectivity index (χ0n) is 9.48. The molecule has 0 spiro atoms. The predicted octanol–water partition coefficient (Wildman–Crippen LogP) is 0.202. The van der Waals surface area contributed by atoms with Crippen molar-refractivity contribution in [2.24, 2.45) is 17.6 Å². The Morgan fingerprint density at radius 1 is 1.67 bits per heavy atom. The molecule has 15 heavy (non-hydrogen) atoms. The smallest absolute Gasteiger partial charge is 0.222 e. The summed E-state index contributed by atoms with van der Waals surface area (Å²) in [6.45, 7) is 4.35. The van der Waals surface area contributed by atoms with Crippen LogP contribution in [0.1, 0.15) is 26.2 Å². The minimum absolute atomic E-state index is 0.192. The number of aliphatic hydroxyl groups is 1. The van der Waals surface area contributed by atoms with Crippen molar-refractivity contribution in [1.82, 2.24) is 4.90 Å². The van der Waals surface area contributed by atoms with Crippen LogP contribution in [0.3, 0.4) is 0 Å². The summed E-state index contributed by atoms with van der Waals surface area (Å²) >= 11 is 0. The zero-order valence-corrected chi connectivity index (χ0v) is 9.48. The number of hydrogen-bond acceptors (Lipinski definition) is 3. The van der Waals surface area contributed by atoms with E-state index in [1.165, 1.54) is 0 Å². The molecule has 88 valence electrons. The van der Waals surface area contributed by atoms with Crippen LogP contribution in [-0.2, 0) is 4.79 Å². The molecule has 1 aliphatic heterocycles. The van der Waals surface area contributed by atoms with Crippen LogP contribution in [0.15, 0.2) is 0 Å². The average molecular weight is 214 g/mol. The largest absolute Gasteiger partial charge is 0.396 e. The molecule has 1 rings (SSSR count). The Bertz CT molecular complexity index is 205. The lowest BCUT2D eigenvalue weighted by atomic mass is 10.0. The highest BCUT2D eigenvalue weighted by Gasteiger charge is 2.26. The van der Waals surface area contributed by atoms with Crippen molar-refractivity contribution in [3.63, 3.8) is 0 Å². The number of aliphatic hydroxyl groups excluding tert-OH is 1. The molecule has 0 radical (unpaired) electrons. The Labute approximate surface area is 91.4 Å². The average Bonchev–Trinajstić information content (AvgIpc) is 2.74. The number of amides is 1. The summed E-state index contributed by atoms with van der Waals surface area (Å²) in [6.07, 6.45) is 2.45. The van der Waals surface area contributed by atoms with Gasteiger partial charge in [-0.1, -0.05) is 13.3 Å². The molecule has 1 heterocycles. The van der Waals surface area contributed by atoms with Gasteiger partial charge in [-0.3, -0.25) is 4.79 Å². The van der Waals surface area contributed by atoms with Gasteiger partial charge in [0.1, 0.15) is 0 Å². The fourth-order valence-electron chi connectivity index (χ4n) is 1.98. The van der Waals surface area contributed by atoms with Crippen LogP contribution < -0.4 is 5.73 Å². The molecule has 1 saturated heterocycles. The third kappa shape index (κ3) is 3.47. The van der Waals surface area contributed by atoms with Gasteiger partial charge in [-0.15, -0.1) is 0 Å². The molecule has 0 aromatic heterocycles. The van der Waals surface area contributed by atoms with E-state index in [1.807, 2.05) is 4.90 Å². The van der Waals surface area contributed by atoms with Crippen molar-refractivity contribution >= 4 is 5.91 Å². The van der Waals surface area contributed by atoms with E-state index in [1.54, 1.807) is 0 Å². The van der Waals surface area contributed by atoms with Crippen LogP contribution in [0.4, 0.5) is 0 Å². The summed E-state index contributed by atoms with van der Waals surface area (Å²) in [6, 6.07) is 0. The van der Waals surface area contributed by atoms with Crippen molar-refractivity contribution in [2.45, 2.75) is 26.2 Å². The zero-order chi connectivity index (χ0) is 11.3. The van der Waals surface area contributed by atoms with Crippen LogP contribution in [0, 0.1) is 11.8 Å². The van der Waals surface area contributed by atoms with Gasteiger partial charge in [0.15, 0.2) is 0 Å². The number of carbonyl (C=O) groups excluding carboxylic acids is 1. The van der Waals surface area contributed by atoms with Gasteiger partial charge in [0, 0.05) is 32.0 Å². The van der Waals surface area contributed by atoms with E-state index in [0.717, 1.165) is 25.9 Å². The number of likely N-dealkylation sites (tertiary alicyclic amines) is 1. The SMILES string of the molecule is CCC(CN)CC(=O)N1CCC(CO)C1. The first kappa shape index (κ1) is 12.5. The summed E-state index contributed by atoms with van der Waals surface area (Å²) in [5, 5.41) is 8.98. The number of carbonyl (C=O) groups is 1. The van der Waals surface area contributed by atoms with Crippen LogP contribution in [-0.4, -0.2) is 42.2 Å². The van der Waals surface area contributed by atoms with E-state index in [4.69, 9.17) is 10.8 Å². The normalized spacial score (nSPS) is 23.1. The lowest BCUT2D eigenvalue weighted by Crippen LogP contribution is -2.32. The first-order chi connectivity index (χ1) is 7.21. The molecule has 0 aromatic carbocycles. The highest BCUT2D eigenvalue weighted by molar-refractivity contribution is 5.76. The maximum absolute atomic E-state index is 11.8. The number of rotatable bonds is 5. The molecule has 4 nitrogen and oxygen atoms in total. The van der Waals surface area contributed by atoms with Gasteiger partial charge < -0.3 is 15.7 Å². The van der Waals surface area contributed by atoms with E-state index < -0.39 is 0 Å². The standard InChI is InChI=1S/C11H22N2O2/c1-2-9(6-12)5-11(15)13-4-3-10(7-13)8-14/h9-10,14H,2-8,12H2,1H3. The molecule has 2 atom stereocenters. The first-order valence-corrected chi connectivity index (χ1v) is 5.79. The van der Waals surface area contributed by atoms with Crippen molar-refractivity contribution in [1.29, 1.82) is 0 Å². The third-order valence-electron chi connectivity index (χ3n) is 3.27. The molecule has 0 saturated carbocycles. The van der Waals surface area contributed by atoms with Gasteiger partial charge in [-0.2, -0.15) is 0 Å². The minimum atomic E-state index is 0.192. The molecule has 1 amide bonds. The molecular weight excluding hydrogens is 192 g/mol. The molecule has 0 bridgehead atoms. The molecule has 2 unspecified atom stereocenters. The highest BCUT2D eigenvalue weighted by atomic mass is 16.3. The van der Waals surface area contributed by atoms with Crippen LogP contribution in [0.2, 0.25) is 0 Å². The van der Waals surface area contributed by atoms with Gasteiger partial charge in [0.2, 0.25) is 5.91 Å². The molecule has 1 fully saturated rings. The molecule has 3 N–H and O–H groups in total. The summed E-state index contributed by atoms with van der Waals surface area (Å²) in [7, 11) is 0. The van der Waals surface area contributed by atoms with Crippen molar-refractivity contribution in [3.05, 3.63) is 0 Å². The molecule has 1 aliphatic rings. The van der Waals surface area contributed by atoms with Gasteiger partial charge in [0.05, 0.1) is 0 Å². The summed E-state index contributed by atoms with van der Waals surface area (Å²) < 4.78 is 0. The van der Waals surface area contributed by atoms with E-state index in [0.29, 0.717) is 18.9 Å². The van der Waals surface area contributed by atoms with Gasteiger partial charge >= 0.3 is 0 Å². The second-order valence-electron chi connectivity index (χ2n) is 4.39. The van der Waals surface area contributed by atoms with Crippen molar-refractivity contribution in [3.8, 4) is 0 Å². The van der Waals surface area contributed by atoms with E-state index in [9.17, 15) is 4.79 Å². The Hall–Kier alpha value is -0.610. The maximum atomic E-state index is 11.8. The van der Waals surface area contributed by atoms with Gasteiger partial charge in [-0.05, 0) is 18.9 Å². The first-order valence-electron chi connectivity index (χ1n) is 5.79. The van der Waals surface area contributed by atoms with Crippen LogP contribution in [0.25, 0.3) is 0 Å². The minimum Gasteiger partial charge on any atom is -0.396 e.